The average molecular weight is 745 g/mol. The van der Waals surface area contributed by atoms with Crippen LogP contribution in [0.1, 0.15) is 18.1 Å². The van der Waals surface area contributed by atoms with Crippen molar-refractivity contribution in [1.29, 1.82) is 0 Å². The molecule has 0 atom stereocenters. The van der Waals surface area contributed by atoms with Crippen molar-refractivity contribution in [2.75, 3.05) is 0 Å². The van der Waals surface area contributed by atoms with E-state index in [1.165, 1.54) is 80.3 Å². The van der Waals surface area contributed by atoms with Gasteiger partial charge in [0.2, 0.25) is 0 Å². The Morgan fingerprint density at radius 3 is 1.82 bits per heavy atom. The fourth-order valence-corrected chi connectivity index (χ4v) is 10.5. The molecule has 0 aliphatic heterocycles. The van der Waals surface area contributed by atoms with Crippen LogP contribution in [0.4, 0.5) is 0 Å². The summed E-state index contributed by atoms with van der Waals surface area (Å²) in [4.78, 5) is 5.27. The van der Waals surface area contributed by atoms with Gasteiger partial charge in [-0.05, 0) is 69.6 Å². The molecule has 0 unspecified atom stereocenters. The van der Waals surface area contributed by atoms with Gasteiger partial charge in [0.25, 0.3) is 0 Å². The summed E-state index contributed by atoms with van der Waals surface area (Å²) in [5.41, 5.74) is 12.3. The number of fused-ring (bicyclic) bond motifs is 10. The summed E-state index contributed by atoms with van der Waals surface area (Å²) in [6.45, 7) is 6.48. The molecule has 0 N–H and O–H groups in total. The Labute approximate surface area is 334 Å². The topological polar surface area (TPSA) is 17.8 Å². The van der Waals surface area contributed by atoms with E-state index in [1.54, 1.807) is 0 Å². The van der Waals surface area contributed by atoms with E-state index in [2.05, 4.69) is 200 Å². The van der Waals surface area contributed by atoms with Crippen LogP contribution in [0.5, 0.6) is 0 Å². The van der Waals surface area contributed by atoms with Crippen LogP contribution >= 0.6 is 11.3 Å². The van der Waals surface area contributed by atoms with E-state index in [0.29, 0.717) is 0 Å². The molecule has 0 spiro atoms. The number of pyridine rings is 1. The maximum absolute atomic E-state index is 5.27. The predicted molar refractivity (Wildman–Crippen MR) is 248 cm³/mol. The number of hydrogen-bond acceptors (Lipinski definition) is 2. The molecule has 0 aliphatic carbocycles. The first kappa shape index (κ1) is 33.3. The van der Waals surface area contributed by atoms with Gasteiger partial charge in [0.1, 0.15) is 0 Å². The Morgan fingerprint density at radius 2 is 1.12 bits per heavy atom. The largest absolute Gasteiger partial charge is 0.309 e. The molecular weight excluding hydrogens is 709 g/mol. The molecule has 0 radical (unpaired) electrons. The molecule has 8 aromatic carbocycles. The second-order valence-electron chi connectivity index (χ2n) is 14.6. The van der Waals surface area contributed by atoms with Gasteiger partial charge in [-0.1, -0.05) is 170 Å². The molecule has 3 heterocycles. The van der Waals surface area contributed by atoms with Gasteiger partial charge in [0.15, 0.2) is 0 Å². The van der Waals surface area contributed by atoms with Gasteiger partial charge < -0.3 is 4.57 Å². The molecule has 57 heavy (non-hydrogen) atoms. The van der Waals surface area contributed by atoms with Gasteiger partial charge in [-0.2, -0.15) is 0 Å². The third kappa shape index (κ3) is 5.13. The summed E-state index contributed by atoms with van der Waals surface area (Å²) < 4.78 is 5.06. The summed E-state index contributed by atoms with van der Waals surface area (Å²) in [5.74, 6) is 0. The minimum Gasteiger partial charge on any atom is -0.309 e. The van der Waals surface area contributed by atoms with E-state index < -0.39 is 0 Å². The monoisotopic (exact) mass is 744 g/mol. The lowest BCUT2D eigenvalue weighted by atomic mass is 9.89. The highest BCUT2D eigenvalue weighted by atomic mass is 32.1. The van der Waals surface area contributed by atoms with Gasteiger partial charge in [-0.3, -0.25) is 0 Å². The molecule has 11 rings (SSSR count). The Kier molecular flexibility index (Phi) is 7.77. The minimum absolute atomic E-state index is 0.939. The first-order valence-corrected chi connectivity index (χ1v) is 20.3. The molecule has 0 saturated carbocycles. The van der Waals surface area contributed by atoms with Gasteiger partial charge in [0, 0.05) is 47.5 Å². The highest BCUT2D eigenvalue weighted by Crippen LogP contribution is 2.52. The molecule has 0 saturated heterocycles. The summed E-state index contributed by atoms with van der Waals surface area (Å²) in [7, 11) is 0. The smallest absolute Gasteiger partial charge is 0.0730 e. The van der Waals surface area contributed by atoms with Gasteiger partial charge in [0.05, 0.1) is 28.1 Å². The van der Waals surface area contributed by atoms with E-state index in [9.17, 15) is 0 Å². The molecule has 3 aromatic heterocycles. The second kappa shape index (κ2) is 13.3. The molecule has 0 bridgehead atoms. The maximum Gasteiger partial charge on any atom is 0.0730 e. The zero-order chi connectivity index (χ0) is 38.0. The van der Waals surface area contributed by atoms with Crippen molar-refractivity contribution >= 4 is 87.0 Å². The van der Waals surface area contributed by atoms with Crippen molar-refractivity contribution in [3.8, 4) is 39.3 Å². The number of rotatable bonds is 6. The molecular formula is C54H36N2S. The highest BCUT2D eigenvalue weighted by molar-refractivity contribution is 7.28. The van der Waals surface area contributed by atoms with Crippen molar-refractivity contribution in [1.82, 2.24) is 9.55 Å². The van der Waals surface area contributed by atoms with E-state index in [4.69, 9.17) is 4.98 Å². The quantitative estimate of drug-likeness (QED) is 0.166. The van der Waals surface area contributed by atoms with E-state index in [-0.39, 0.29) is 0 Å². The van der Waals surface area contributed by atoms with Gasteiger partial charge >= 0.3 is 0 Å². The fourth-order valence-electron chi connectivity index (χ4n) is 9.02. The lowest BCUT2D eigenvalue weighted by molar-refractivity contribution is 1.16. The number of allylic oxidation sites excluding steroid dienone is 1. The number of aromatic nitrogens is 2. The van der Waals surface area contributed by atoms with Crippen LogP contribution in [0.3, 0.4) is 0 Å². The average Bonchev–Trinajstić information content (AvgIpc) is 3.83. The third-order valence-corrected chi connectivity index (χ3v) is 12.7. The maximum atomic E-state index is 5.27. The van der Waals surface area contributed by atoms with E-state index in [0.717, 1.165) is 33.7 Å². The lowest BCUT2D eigenvalue weighted by Gasteiger charge is -2.15. The van der Waals surface area contributed by atoms with Crippen molar-refractivity contribution in [3.05, 3.63) is 194 Å². The fraction of sp³-hybridized carbons (Fsp3) is 0.0185. The molecule has 0 aliphatic rings. The van der Waals surface area contributed by atoms with E-state index in [1.807, 2.05) is 17.4 Å². The Balaban J connectivity index is 1.37. The summed E-state index contributed by atoms with van der Waals surface area (Å²) in [5, 5.41) is 10.0. The Morgan fingerprint density at radius 1 is 0.509 bits per heavy atom. The van der Waals surface area contributed by atoms with Crippen LogP contribution in [0.2, 0.25) is 0 Å². The van der Waals surface area contributed by atoms with Crippen LogP contribution in [0.25, 0.3) is 115 Å². The molecule has 2 nitrogen and oxygen atoms in total. The molecule has 0 amide bonds. The third-order valence-electron chi connectivity index (χ3n) is 11.4. The molecule has 11 aromatic rings. The van der Waals surface area contributed by atoms with Crippen LogP contribution in [0, 0.1) is 0 Å². The van der Waals surface area contributed by atoms with E-state index >= 15 is 0 Å². The first-order valence-electron chi connectivity index (χ1n) is 19.5. The number of nitrogens with zero attached hydrogens (tertiary/aromatic N) is 2. The number of hydrogen-bond donors (Lipinski definition) is 0. The van der Waals surface area contributed by atoms with Gasteiger partial charge in [-0.15, -0.1) is 11.3 Å². The van der Waals surface area contributed by atoms with Crippen LogP contribution in [-0.2, 0) is 0 Å². The normalized spacial score (nSPS) is 11.9. The van der Waals surface area contributed by atoms with Crippen molar-refractivity contribution in [2.45, 2.75) is 6.92 Å². The Bertz CT molecular complexity index is 3360. The van der Waals surface area contributed by atoms with Crippen molar-refractivity contribution < 1.29 is 0 Å². The summed E-state index contributed by atoms with van der Waals surface area (Å²) in [6, 6.07) is 61.3. The highest BCUT2D eigenvalue weighted by Gasteiger charge is 2.25. The SMILES string of the molecule is C=Cc1c(/C=C\C)c2c(sc3c2c(-c2cccc4ccccc24)cc2c3c3ccccc3n2-c2cc(-c3ccccc3)nc(-c3ccccc3)c2)c2ccccc12. The standard InChI is InChI=1S/C54H36N2S/c1-3-18-42-38(4-2)40-26-13-14-27-43(40)53-51(42)52-45(41-29-17-24-34-19-11-12-25-39(34)41)33-49-50(54(52)57-53)44-28-15-16-30-48(44)56(49)37-31-46(35-20-7-5-8-21-35)55-47(32-37)36-22-9-6-10-23-36/h3-33H,2H2,1H3/b18-3-. The van der Waals surface area contributed by atoms with Crippen LogP contribution in [0.15, 0.2) is 183 Å². The first-order chi connectivity index (χ1) is 28.2. The zero-order valence-corrected chi connectivity index (χ0v) is 32.2. The molecule has 268 valence electrons. The van der Waals surface area contributed by atoms with Crippen LogP contribution in [-0.4, -0.2) is 9.55 Å². The minimum atomic E-state index is 0.939. The lowest BCUT2D eigenvalue weighted by Crippen LogP contribution is -1.98. The summed E-state index contributed by atoms with van der Waals surface area (Å²) >= 11 is 1.92. The van der Waals surface area contributed by atoms with Crippen LogP contribution < -0.4 is 0 Å². The number of para-hydroxylation sites is 1. The molecule has 0 fully saturated rings. The van der Waals surface area contributed by atoms with Gasteiger partial charge in [-0.25, -0.2) is 4.98 Å². The predicted octanol–water partition coefficient (Wildman–Crippen LogP) is 15.5. The Hall–Kier alpha value is -7.07. The molecule has 3 heteroatoms. The van der Waals surface area contributed by atoms with Crippen molar-refractivity contribution in [3.63, 3.8) is 0 Å². The number of thiophene rings is 1. The second-order valence-corrected chi connectivity index (χ2v) is 15.6. The number of benzene rings is 8. The zero-order valence-electron chi connectivity index (χ0n) is 31.4. The summed E-state index contributed by atoms with van der Waals surface area (Å²) in [6.07, 6.45) is 6.49. The van der Waals surface area contributed by atoms with Crippen molar-refractivity contribution in [2.24, 2.45) is 0 Å².